The van der Waals surface area contributed by atoms with Gasteiger partial charge in [-0.25, -0.2) is 4.79 Å². The minimum atomic E-state index is -0.802. The van der Waals surface area contributed by atoms with E-state index in [0.29, 0.717) is 29.2 Å². The lowest BCUT2D eigenvalue weighted by Crippen LogP contribution is -2.33. The number of urea groups is 1. The predicted molar refractivity (Wildman–Crippen MR) is 213 cm³/mol. The van der Waals surface area contributed by atoms with Gasteiger partial charge in [0.15, 0.2) is 11.9 Å². The van der Waals surface area contributed by atoms with Crippen LogP contribution in [0.25, 0.3) is 0 Å². The van der Waals surface area contributed by atoms with E-state index in [1.807, 2.05) is 62.4 Å². The molecule has 0 saturated heterocycles. The number of benzene rings is 4. The number of unbranched alkanes of at least 4 members (excludes halogenated alkanes) is 3. The molecule has 9 nitrogen and oxygen atoms in total. The van der Waals surface area contributed by atoms with Crippen molar-refractivity contribution >= 4 is 29.0 Å². The maximum absolute atomic E-state index is 14.0. The molecule has 0 heterocycles. The van der Waals surface area contributed by atoms with E-state index < -0.39 is 12.1 Å². The van der Waals surface area contributed by atoms with Crippen LogP contribution in [0.1, 0.15) is 102 Å². The molecule has 4 aromatic carbocycles. The first-order chi connectivity index (χ1) is 25.1. The molecule has 0 aliphatic carbocycles. The number of ether oxygens (including phenoxy) is 2. The minimum absolute atomic E-state index is 0.0646. The third-order valence-electron chi connectivity index (χ3n) is 8.92. The molecule has 280 valence electrons. The molecule has 0 spiro atoms. The van der Waals surface area contributed by atoms with E-state index in [0.717, 1.165) is 48.8 Å². The molecule has 9 heteroatoms. The summed E-state index contributed by atoms with van der Waals surface area (Å²) >= 11 is 0. The highest BCUT2D eigenvalue weighted by Crippen LogP contribution is 2.40. The van der Waals surface area contributed by atoms with Crippen LogP contribution in [0.2, 0.25) is 0 Å². The van der Waals surface area contributed by atoms with E-state index in [9.17, 15) is 14.7 Å². The highest BCUT2D eigenvalue weighted by atomic mass is 16.5. The van der Waals surface area contributed by atoms with Crippen LogP contribution in [0.15, 0.2) is 78.9 Å². The van der Waals surface area contributed by atoms with E-state index in [2.05, 4.69) is 57.5 Å². The Bertz CT molecular complexity index is 1900. The summed E-state index contributed by atoms with van der Waals surface area (Å²) in [4.78, 5) is 27.0. The summed E-state index contributed by atoms with van der Waals surface area (Å²) in [5, 5.41) is 28.5. The average Bonchev–Trinajstić information content (AvgIpc) is 3.08. The molecular weight excluding hydrogens is 665 g/mol. The molecule has 0 aromatic heterocycles. The molecule has 1 unspecified atom stereocenters. The fraction of sp³-hybridized carbons (Fsp3) is 0.386. The van der Waals surface area contributed by atoms with Crippen LogP contribution in [-0.4, -0.2) is 23.1 Å². The van der Waals surface area contributed by atoms with Gasteiger partial charge in [0.2, 0.25) is 0 Å². The zero-order valence-corrected chi connectivity index (χ0v) is 32.4. The standard InChI is InChI=1S/C44H54N4O5/c1-9-10-11-12-13-39(53-38-23-14-29(2)24-30(38)3)41(50)47-36-25-37(49)35(48-42(51)46-33-19-15-31(27-45)16-20-33)26-40(36)52-34-21-17-32(18-22-34)44(7,8)28-43(4,5)6/h14-26,39,49H,9-13,28H2,1-8H3,(H,47,50)(H2,46,48,51). The number of aryl methyl sites for hydroxylation is 2. The molecule has 0 fully saturated rings. The van der Waals surface area contributed by atoms with Gasteiger partial charge in [-0.2, -0.15) is 5.26 Å². The molecule has 0 bridgehead atoms. The number of nitriles is 1. The number of nitrogens with zero attached hydrogens (tertiary/aromatic N) is 1. The molecule has 4 N–H and O–H groups in total. The third-order valence-corrected chi connectivity index (χ3v) is 8.92. The third kappa shape index (κ3) is 12.0. The Morgan fingerprint density at radius 3 is 2.13 bits per heavy atom. The van der Waals surface area contributed by atoms with Crippen LogP contribution in [0.4, 0.5) is 21.9 Å². The van der Waals surface area contributed by atoms with Gasteiger partial charge in [0.1, 0.15) is 17.2 Å². The molecule has 4 rings (SSSR count). The van der Waals surface area contributed by atoms with Crippen molar-refractivity contribution in [3.8, 4) is 29.1 Å². The Labute approximate surface area is 314 Å². The number of hydrogen-bond donors (Lipinski definition) is 4. The van der Waals surface area contributed by atoms with E-state index in [1.165, 1.54) is 12.1 Å². The Hall–Kier alpha value is -5.49. The SMILES string of the molecule is CCCCCCC(Oc1ccc(C)cc1C)C(=O)Nc1cc(O)c(NC(=O)Nc2ccc(C#N)cc2)cc1Oc1ccc(C(C)(C)CC(C)(C)C)cc1. The first-order valence-corrected chi connectivity index (χ1v) is 18.4. The molecule has 4 aromatic rings. The molecule has 1 atom stereocenters. The lowest BCUT2D eigenvalue weighted by molar-refractivity contribution is -0.123. The smallest absolute Gasteiger partial charge is 0.323 e. The van der Waals surface area contributed by atoms with Gasteiger partial charge in [-0.1, -0.05) is 90.6 Å². The molecule has 0 radical (unpaired) electrons. The number of carbonyl (C=O) groups is 2. The molecule has 3 amide bonds. The van der Waals surface area contributed by atoms with Crippen molar-refractivity contribution in [3.63, 3.8) is 0 Å². The highest BCUT2D eigenvalue weighted by molar-refractivity contribution is 6.02. The zero-order chi connectivity index (χ0) is 38.8. The van der Waals surface area contributed by atoms with Crippen LogP contribution >= 0.6 is 0 Å². The summed E-state index contributed by atoms with van der Waals surface area (Å²) in [6, 6.07) is 24.3. The van der Waals surface area contributed by atoms with Gasteiger partial charge in [-0.15, -0.1) is 0 Å². The Morgan fingerprint density at radius 2 is 1.51 bits per heavy atom. The monoisotopic (exact) mass is 718 g/mol. The van der Waals surface area contributed by atoms with Crippen molar-refractivity contribution in [3.05, 3.63) is 101 Å². The summed E-state index contributed by atoms with van der Waals surface area (Å²) in [7, 11) is 0. The molecule has 0 aliphatic heterocycles. The van der Waals surface area contributed by atoms with Gasteiger partial charge in [-0.3, -0.25) is 4.79 Å². The minimum Gasteiger partial charge on any atom is -0.506 e. The van der Waals surface area contributed by atoms with Crippen LogP contribution < -0.4 is 25.4 Å². The fourth-order valence-corrected chi connectivity index (χ4v) is 6.59. The fourth-order valence-electron chi connectivity index (χ4n) is 6.59. The van der Waals surface area contributed by atoms with Crippen LogP contribution in [0.5, 0.6) is 23.0 Å². The molecule has 0 saturated carbocycles. The summed E-state index contributed by atoms with van der Waals surface area (Å²) in [5.41, 5.74) is 4.46. The average molecular weight is 719 g/mol. The van der Waals surface area contributed by atoms with E-state index >= 15 is 0 Å². The lowest BCUT2D eigenvalue weighted by atomic mass is 9.72. The zero-order valence-electron chi connectivity index (χ0n) is 32.4. The van der Waals surface area contributed by atoms with Crippen molar-refractivity contribution in [2.75, 3.05) is 16.0 Å². The first-order valence-electron chi connectivity index (χ1n) is 18.4. The van der Waals surface area contributed by atoms with Crippen LogP contribution in [-0.2, 0) is 10.2 Å². The van der Waals surface area contributed by atoms with E-state index in [-0.39, 0.29) is 39.6 Å². The van der Waals surface area contributed by atoms with Gasteiger partial charge in [0.05, 0.1) is 23.0 Å². The predicted octanol–water partition coefficient (Wildman–Crippen LogP) is 11.4. The van der Waals surface area contributed by atoms with E-state index in [1.54, 1.807) is 24.3 Å². The number of anilines is 3. The summed E-state index contributed by atoms with van der Waals surface area (Å²) < 4.78 is 12.7. The number of phenolic OH excluding ortho intramolecular Hbond substituents is 1. The topological polar surface area (TPSA) is 133 Å². The Balaban J connectivity index is 1.65. The number of hydrogen-bond acceptors (Lipinski definition) is 6. The van der Waals surface area contributed by atoms with Crippen molar-refractivity contribution < 1.29 is 24.2 Å². The summed E-state index contributed by atoms with van der Waals surface area (Å²) in [5.74, 6) is 0.689. The van der Waals surface area contributed by atoms with Gasteiger partial charge in [-0.05, 0) is 97.5 Å². The van der Waals surface area contributed by atoms with E-state index in [4.69, 9.17) is 14.7 Å². The molecule has 0 aliphatic rings. The maximum Gasteiger partial charge on any atom is 0.323 e. The normalized spacial score (nSPS) is 12.0. The van der Waals surface area contributed by atoms with Gasteiger partial charge in [0, 0.05) is 17.8 Å². The second-order valence-electron chi connectivity index (χ2n) is 15.6. The maximum atomic E-state index is 14.0. The molecule has 53 heavy (non-hydrogen) atoms. The lowest BCUT2D eigenvalue weighted by Gasteiger charge is -2.33. The van der Waals surface area contributed by atoms with Gasteiger partial charge >= 0.3 is 6.03 Å². The van der Waals surface area contributed by atoms with Crippen LogP contribution in [0, 0.1) is 30.6 Å². The second kappa shape index (κ2) is 17.8. The van der Waals surface area contributed by atoms with Gasteiger partial charge in [0.25, 0.3) is 5.91 Å². The van der Waals surface area contributed by atoms with Crippen LogP contribution in [0.3, 0.4) is 0 Å². The number of nitrogens with one attached hydrogen (secondary N) is 3. The number of carbonyl (C=O) groups excluding carboxylic acids is 2. The summed E-state index contributed by atoms with van der Waals surface area (Å²) in [6.45, 7) is 17.2. The van der Waals surface area contributed by atoms with Crippen molar-refractivity contribution in [2.45, 2.75) is 105 Å². The number of rotatable bonds is 15. The summed E-state index contributed by atoms with van der Waals surface area (Å²) in [6.07, 6.45) is 4.59. The highest BCUT2D eigenvalue weighted by Gasteiger charge is 2.28. The van der Waals surface area contributed by atoms with Crippen molar-refractivity contribution in [2.24, 2.45) is 5.41 Å². The van der Waals surface area contributed by atoms with Crippen molar-refractivity contribution in [1.29, 1.82) is 5.26 Å². The largest absolute Gasteiger partial charge is 0.506 e. The first kappa shape index (κ1) is 40.3. The Kier molecular flexibility index (Phi) is 13.5. The van der Waals surface area contributed by atoms with Crippen molar-refractivity contribution in [1.82, 2.24) is 0 Å². The quantitative estimate of drug-likeness (QED) is 0.0714. The number of amides is 3. The second-order valence-corrected chi connectivity index (χ2v) is 15.6. The number of phenols is 1. The number of aromatic hydroxyl groups is 1. The van der Waals surface area contributed by atoms with Gasteiger partial charge < -0.3 is 30.5 Å². The Morgan fingerprint density at radius 1 is 0.811 bits per heavy atom. The molecular formula is C44H54N4O5.